The quantitative estimate of drug-likeness (QED) is 0.0222. The summed E-state index contributed by atoms with van der Waals surface area (Å²) >= 11 is 0. The van der Waals surface area contributed by atoms with Crippen LogP contribution in [-0.2, 0) is 65.4 Å². The van der Waals surface area contributed by atoms with Crippen molar-refractivity contribution in [3.8, 4) is 0 Å². The molecule has 2 unspecified atom stereocenters. The van der Waals surface area contributed by atoms with E-state index in [9.17, 15) is 43.2 Å². The molecule has 0 radical (unpaired) electrons. The molecule has 17 nitrogen and oxygen atoms in total. The Bertz CT molecular complexity index is 1930. The van der Waals surface area contributed by atoms with E-state index in [1.54, 1.807) is 0 Å². The number of carbonyl (C=O) groups is 4. The van der Waals surface area contributed by atoms with E-state index >= 15 is 0 Å². The van der Waals surface area contributed by atoms with Crippen molar-refractivity contribution in [1.82, 2.24) is 0 Å². The van der Waals surface area contributed by atoms with Gasteiger partial charge >= 0.3 is 39.5 Å². The Morgan fingerprint density at radius 1 is 0.235 bits per heavy atom. The zero-order valence-electron chi connectivity index (χ0n) is 66.6. The van der Waals surface area contributed by atoms with Crippen LogP contribution in [0.2, 0.25) is 0 Å². The van der Waals surface area contributed by atoms with Crippen LogP contribution in [0.4, 0.5) is 0 Å². The minimum absolute atomic E-state index is 0.108. The number of hydrogen-bond acceptors (Lipinski definition) is 15. The van der Waals surface area contributed by atoms with Crippen LogP contribution in [0.5, 0.6) is 0 Å². The summed E-state index contributed by atoms with van der Waals surface area (Å²) in [6, 6.07) is 0. The van der Waals surface area contributed by atoms with Crippen molar-refractivity contribution in [2.45, 2.75) is 470 Å². The zero-order valence-corrected chi connectivity index (χ0v) is 68.4. The van der Waals surface area contributed by atoms with Gasteiger partial charge in [0.15, 0.2) is 12.2 Å². The number of aliphatic hydroxyl groups is 1. The van der Waals surface area contributed by atoms with Crippen LogP contribution >= 0.6 is 15.6 Å². The minimum Gasteiger partial charge on any atom is -0.462 e. The molecule has 0 aromatic rings. The van der Waals surface area contributed by atoms with Gasteiger partial charge in [0.05, 0.1) is 26.4 Å². The van der Waals surface area contributed by atoms with Gasteiger partial charge in [-0.1, -0.05) is 400 Å². The Hall–Kier alpha value is -1.94. The second-order valence-electron chi connectivity index (χ2n) is 29.9. The van der Waals surface area contributed by atoms with E-state index in [0.717, 1.165) is 89.9 Å². The maximum absolute atomic E-state index is 13.1. The lowest BCUT2D eigenvalue weighted by atomic mass is 10.0. The molecule has 0 aliphatic heterocycles. The first-order chi connectivity index (χ1) is 49.7. The topological polar surface area (TPSA) is 237 Å². The first-order valence-electron chi connectivity index (χ1n) is 43.3. The Kier molecular flexibility index (Phi) is 75.8. The van der Waals surface area contributed by atoms with Crippen LogP contribution in [0.15, 0.2) is 0 Å². The lowest BCUT2D eigenvalue weighted by Crippen LogP contribution is -2.30. The van der Waals surface area contributed by atoms with Crippen molar-refractivity contribution in [3.63, 3.8) is 0 Å². The first kappa shape index (κ1) is 100. The second-order valence-corrected chi connectivity index (χ2v) is 32.8. The van der Waals surface area contributed by atoms with Gasteiger partial charge in [-0.25, -0.2) is 9.13 Å². The highest BCUT2D eigenvalue weighted by molar-refractivity contribution is 7.47. The molecule has 0 saturated carbocycles. The Morgan fingerprint density at radius 3 is 0.578 bits per heavy atom. The largest absolute Gasteiger partial charge is 0.472 e. The number of rotatable bonds is 84. The molecule has 0 fully saturated rings. The molecule has 0 heterocycles. The summed E-state index contributed by atoms with van der Waals surface area (Å²) in [5.74, 6) is -2.10. The fourth-order valence-electron chi connectivity index (χ4n) is 13.0. The predicted octanol–water partition coefficient (Wildman–Crippen LogP) is 25.4. The van der Waals surface area contributed by atoms with Crippen LogP contribution in [0.25, 0.3) is 0 Å². The van der Waals surface area contributed by atoms with E-state index in [1.165, 1.54) is 283 Å². The van der Waals surface area contributed by atoms with Crippen LogP contribution in [-0.4, -0.2) is 96.7 Å². The molecule has 3 N–H and O–H groups in total. The molecule has 19 heteroatoms. The molecular weight excluding hydrogens is 1330 g/mol. The minimum atomic E-state index is -4.96. The number of unbranched alkanes of at least 4 members (excludes halogenated alkanes) is 58. The van der Waals surface area contributed by atoms with Crippen LogP contribution in [0, 0.1) is 0 Å². The third-order valence-electron chi connectivity index (χ3n) is 19.6. The number of aliphatic hydroxyl groups excluding tert-OH is 1. The van der Waals surface area contributed by atoms with Crippen molar-refractivity contribution < 1.29 is 80.2 Å². The number of carbonyl (C=O) groups excluding carboxylic acids is 4. The van der Waals surface area contributed by atoms with Crippen LogP contribution in [0.1, 0.15) is 451 Å². The smallest absolute Gasteiger partial charge is 0.462 e. The summed E-state index contributed by atoms with van der Waals surface area (Å²) < 4.78 is 68.7. The molecule has 5 atom stereocenters. The van der Waals surface area contributed by atoms with Gasteiger partial charge in [0.1, 0.15) is 19.3 Å². The molecule has 606 valence electrons. The van der Waals surface area contributed by atoms with Crippen molar-refractivity contribution >= 4 is 39.5 Å². The third kappa shape index (κ3) is 76.3. The average molecular weight is 1490 g/mol. The summed E-state index contributed by atoms with van der Waals surface area (Å²) in [7, 11) is -9.92. The van der Waals surface area contributed by atoms with E-state index in [2.05, 4.69) is 27.7 Å². The molecule has 102 heavy (non-hydrogen) atoms. The fourth-order valence-corrected chi connectivity index (χ4v) is 14.6. The molecule has 0 amide bonds. The van der Waals surface area contributed by atoms with E-state index in [0.29, 0.717) is 25.7 Å². The standard InChI is InChI=1S/C83H162O17P2/c1-5-9-13-17-21-25-29-32-34-36-38-39-41-43-45-47-50-54-58-62-66-70-83(88)100-79(74-94-81(86)68-64-60-56-52-49-46-44-42-40-37-35-33-30-26-22-18-14-10-6-2)76-98-102(91,92)96-72-77(84)71-95-101(89,90)97-75-78(73-93-80(85)67-63-59-55-51-28-24-20-16-12-8-4)99-82(87)69-65-61-57-53-48-31-27-23-19-15-11-7-3/h77-79,84H,5-76H2,1-4H3,(H,89,90)(H,91,92)/t77-,78+,79+/m0/s1. The van der Waals surface area contributed by atoms with Gasteiger partial charge in [-0.3, -0.25) is 37.3 Å². The first-order valence-corrected chi connectivity index (χ1v) is 46.3. The summed E-state index contributed by atoms with van der Waals surface area (Å²) in [4.78, 5) is 73.0. The van der Waals surface area contributed by atoms with Crippen molar-refractivity contribution in [3.05, 3.63) is 0 Å². The predicted molar refractivity (Wildman–Crippen MR) is 419 cm³/mol. The second kappa shape index (κ2) is 77.2. The van der Waals surface area contributed by atoms with Crippen LogP contribution < -0.4 is 0 Å². The average Bonchev–Trinajstić information content (AvgIpc) is 0.916. The highest BCUT2D eigenvalue weighted by Crippen LogP contribution is 2.45. The monoisotopic (exact) mass is 1490 g/mol. The van der Waals surface area contributed by atoms with Gasteiger partial charge in [0.25, 0.3) is 0 Å². The molecule has 0 bridgehead atoms. The van der Waals surface area contributed by atoms with Crippen molar-refractivity contribution in [2.24, 2.45) is 0 Å². The van der Waals surface area contributed by atoms with Gasteiger partial charge in [0, 0.05) is 25.7 Å². The van der Waals surface area contributed by atoms with E-state index in [-0.39, 0.29) is 25.7 Å². The van der Waals surface area contributed by atoms with Crippen molar-refractivity contribution in [2.75, 3.05) is 39.6 Å². The van der Waals surface area contributed by atoms with Gasteiger partial charge < -0.3 is 33.8 Å². The van der Waals surface area contributed by atoms with E-state index in [4.69, 9.17) is 37.0 Å². The number of phosphoric ester groups is 2. The van der Waals surface area contributed by atoms with Gasteiger partial charge in [-0.15, -0.1) is 0 Å². The van der Waals surface area contributed by atoms with Gasteiger partial charge in [-0.05, 0) is 25.7 Å². The molecule has 0 saturated heterocycles. The lowest BCUT2D eigenvalue weighted by Gasteiger charge is -2.21. The summed E-state index contributed by atoms with van der Waals surface area (Å²) in [6.45, 7) is 5.02. The summed E-state index contributed by atoms with van der Waals surface area (Å²) in [5.41, 5.74) is 0. The highest BCUT2D eigenvalue weighted by atomic mass is 31.2. The number of ether oxygens (including phenoxy) is 4. The lowest BCUT2D eigenvalue weighted by molar-refractivity contribution is -0.161. The van der Waals surface area contributed by atoms with Gasteiger partial charge in [-0.2, -0.15) is 0 Å². The Labute approximate surface area is 626 Å². The molecule has 0 spiro atoms. The molecule has 0 aliphatic rings. The summed E-state index contributed by atoms with van der Waals surface area (Å²) in [5, 5.41) is 10.6. The highest BCUT2D eigenvalue weighted by Gasteiger charge is 2.30. The molecule has 0 rings (SSSR count). The molecular formula is C83H162O17P2. The number of hydrogen-bond donors (Lipinski definition) is 3. The number of esters is 4. The molecule has 0 aromatic carbocycles. The van der Waals surface area contributed by atoms with E-state index in [1.807, 2.05) is 0 Å². The SMILES string of the molecule is CCCCCCCCCCCCCCCCCCCCCCCC(=O)O[C@H](COC(=O)CCCCCCCCCCCCCCCCCCCCC)COP(=O)(O)OC[C@@H](O)COP(=O)(O)OC[C@@H](COC(=O)CCCCCCCCCCCC)OC(=O)CCCCCCCCCCCCCC. The Morgan fingerprint density at radius 2 is 0.392 bits per heavy atom. The normalized spacial score (nSPS) is 13.8. The Balaban J connectivity index is 5.20. The molecule has 0 aliphatic carbocycles. The third-order valence-corrected chi connectivity index (χ3v) is 21.5. The number of phosphoric acid groups is 2. The maximum atomic E-state index is 13.1. The fraction of sp³-hybridized carbons (Fsp3) is 0.952. The summed E-state index contributed by atoms with van der Waals surface area (Å²) in [6.07, 6.45) is 70.9. The maximum Gasteiger partial charge on any atom is 0.472 e. The van der Waals surface area contributed by atoms with E-state index < -0.39 is 97.5 Å². The van der Waals surface area contributed by atoms with Crippen LogP contribution in [0.3, 0.4) is 0 Å². The van der Waals surface area contributed by atoms with Gasteiger partial charge in [0.2, 0.25) is 0 Å². The van der Waals surface area contributed by atoms with Crippen molar-refractivity contribution in [1.29, 1.82) is 0 Å². The zero-order chi connectivity index (χ0) is 74.6. The molecule has 0 aromatic heterocycles.